The van der Waals surface area contributed by atoms with E-state index in [9.17, 15) is 17.6 Å². The summed E-state index contributed by atoms with van der Waals surface area (Å²) < 4.78 is 51.1. The molecule has 2 nitrogen and oxygen atoms in total. The van der Waals surface area contributed by atoms with Crippen LogP contribution in [0.25, 0.3) is 0 Å². The highest BCUT2D eigenvalue weighted by molar-refractivity contribution is 5.85. The number of benzene rings is 1. The van der Waals surface area contributed by atoms with Crippen LogP contribution in [0.4, 0.5) is 17.6 Å². The maximum atomic E-state index is 13.2. The lowest BCUT2D eigenvalue weighted by atomic mass is 10.1. The molecule has 1 unspecified atom stereocenters. The monoisotopic (exact) mass is 326 g/mol. The molecule has 1 heterocycles. The Labute approximate surface area is 127 Å². The molecule has 0 amide bonds. The van der Waals surface area contributed by atoms with E-state index in [1.165, 1.54) is 6.07 Å². The zero-order valence-electron chi connectivity index (χ0n) is 11.7. The Kier molecular flexibility index (Phi) is 6.43. The molecule has 0 saturated carbocycles. The summed E-state index contributed by atoms with van der Waals surface area (Å²) in [7, 11) is 1.89. The van der Waals surface area contributed by atoms with Crippen LogP contribution in [0.1, 0.15) is 17.5 Å². The minimum absolute atomic E-state index is 0. The standard InChI is InChI=1S/C14H18F4N2.ClH/c1-19-7-11-4-5-20(9-11)8-10-2-3-13(15)12(6-10)14(16,17)18;/h2-3,6,11,19H,4-5,7-9H2,1H3;1H. The Morgan fingerprint density at radius 2 is 2.05 bits per heavy atom. The molecule has 1 aromatic rings. The van der Waals surface area contributed by atoms with Gasteiger partial charge in [-0.1, -0.05) is 6.07 Å². The van der Waals surface area contributed by atoms with Crippen LogP contribution in [-0.2, 0) is 12.7 Å². The summed E-state index contributed by atoms with van der Waals surface area (Å²) >= 11 is 0. The third kappa shape index (κ3) is 4.83. The molecule has 120 valence electrons. The second kappa shape index (κ2) is 7.42. The summed E-state index contributed by atoms with van der Waals surface area (Å²) in [5, 5.41) is 3.11. The fourth-order valence-electron chi connectivity index (χ4n) is 2.66. The van der Waals surface area contributed by atoms with Crippen molar-refractivity contribution in [2.24, 2.45) is 5.92 Å². The van der Waals surface area contributed by atoms with Crippen LogP contribution >= 0.6 is 12.4 Å². The van der Waals surface area contributed by atoms with Crippen LogP contribution < -0.4 is 5.32 Å². The minimum Gasteiger partial charge on any atom is -0.319 e. The minimum atomic E-state index is -4.64. The summed E-state index contributed by atoms with van der Waals surface area (Å²) in [6.07, 6.45) is -3.60. The van der Waals surface area contributed by atoms with Crippen LogP contribution in [-0.4, -0.2) is 31.6 Å². The second-order valence-electron chi connectivity index (χ2n) is 5.26. The number of hydrogen-bond donors (Lipinski definition) is 1. The van der Waals surface area contributed by atoms with Crippen molar-refractivity contribution < 1.29 is 17.6 Å². The zero-order valence-corrected chi connectivity index (χ0v) is 12.5. The molecule has 0 spiro atoms. The smallest absolute Gasteiger partial charge is 0.319 e. The van der Waals surface area contributed by atoms with Gasteiger partial charge in [0.05, 0.1) is 5.56 Å². The molecule has 2 rings (SSSR count). The van der Waals surface area contributed by atoms with Crippen molar-refractivity contribution in [1.29, 1.82) is 0 Å². The molecule has 7 heteroatoms. The highest BCUT2D eigenvalue weighted by Crippen LogP contribution is 2.32. The predicted octanol–water partition coefficient (Wildman–Crippen LogP) is 3.31. The lowest BCUT2D eigenvalue weighted by Gasteiger charge is -2.17. The molecule has 0 radical (unpaired) electrons. The van der Waals surface area contributed by atoms with Gasteiger partial charge in [0.25, 0.3) is 0 Å². The van der Waals surface area contributed by atoms with Gasteiger partial charge in [0.15, 0.2) is 0 Å². The van der Waals surface area contributed by atoms with Gasteiger partial charge < -0.3 is 5.32 Å². The third-order valence-corrected chi connectivity index (χ3v) is 3.61. The normalized spacial score (nSPS) is 19.6. The van der Waals surface area contributed by atoms with Gasteiger partial charge in [-0.15, -0.1) is 12.4 Å². The van der Waals surface area contributed by atoms with Crippen molar-refractivity contribution in [3.8, 4) is 0 Å². The van der Waals surface area contributed by atoms with E-state index in [0.717, 1.165) is 38.2 Å². The molecule has 1 saturated heterocycles. The van der Waals surface area contributed by atoms with Gasteiger partial charge in [0.1, 0.15) is 5.82 Å². The van der Waals surface area contributed by atoms with Gasteiger partial charge in [-0.3, -0.25) is 4.90 Å². The van der Waals surface area contributed by atoms with Gasteiger partial charge in [0.2, 0.25) is 0 Å². The van der Waals surface area contributed by atoms with Gasteiger partial charge in [0, 0.05) is 13.1 Å². The Balaban J connectivity index is 0.00000220. The van der Waals surface area contributed by atoms with Crippen molar-refractivity contribution in [2.75, 3.05) is 26.7 Å². The number of hydrogen-bond acceptors (Lipinski definition) is 2. The molecule has 0 aromatic heterocycles. The van der Waals surface area contributed by atoms with Crippen molar-refractivity contribution in [1.82, 2.24) is 10.2 Å². The second-order valence-corrected chi connectivity index (χ2v) is 5.26. The quantitative estimate of drug-likeness (QED) is 0.854. The van der Waals surface area contributed by atoms with E-state index < -0.39 is 17.6 Å². The third-order valence-electron chi connectivity index (χ3n) is 3.61. The molecular formula is C14H19ClF4N2. The van der Waals surface area contributed by atoms with Crippen LogP contribution in [0.5, 0.6) is 0 Å². The summed E-state index contributed by atoms with van der Waals surface area (Å²) in [5.74, 6) is -0.682. The first-order chi connectivity index (χ1) is 9.40. The lowest BCUT2D eigenvalue weighted by molar-refractivity contribution is -0.140. The van der Waals surface area contributed by atoms with Crippen LogP contribution in [0, 0.1) is 11.7 Å². The van der Waals surface area contributed by atoms with E-state index in [-0.39, 0.29) is 12.4 Å². The number of alkyl halides is 3. The van der Waals surface area contributed by atoms with Gasteiger partial charge in [-0.2, -0.15) is 13.2 Å². The average Bonchev–Trinajstić information content (AvgIpc) is 2.78. The highest BCUT2D eigenvalue weighted by Gasteiger charge is 2.34. The van der Waals surface area contributed by atoms with Crippen molar-refractivity contribution >= 4 is 12.4 Å². The number of rotatable bonds is 4. The molecule has 1 aliphatic rings. The Morgan fingerprint density at radius 1 is 1.33 bits per heavy atom. The number of halogens is 5. The fraction of sp³-hybridized carbons (Fsp3) is 0.571. The molecule has 1 fully saturated rings. The largest absolute Gasteiger partial charge is 0.419 e. The molecule has 1 aliphatic heterocycles. The number of likely N-dealkylation sites (tertiary alicyclic amines) is 1. The summed E-state index contributed by atoms with van der Waals surface area (Å²) in [4.78, 5) is 2.11. The summed E-state index contributed by atoms with van der Waals surface area (Å²) in [5.41, 5.74) is -0.676. The lowest BCUT2D eigenvalue weighted by Crippen LogP contribution is -2.24. The Morgan fingerprint density at radius 3 is 2.67 bits per heavy atom. The molecule has 1 atom stereocenters. The van der Waals surface area contributed by atoms with Gasteiger partial charge >= 0.3 is 6.18 Å². The van der Waals surface area contributed by atoms with Gasteiger partial charge in [-0.25, -0.2) is 4.39 Å². The first-order valence-corrected chi connectivity index (χ1v) is 6.62. The Hall–Kier alpha value is -0.850. The fourth-order valence-corrected chi connectivity index (χ4v) is 2.66. The first kappa shape index (κ1) is 18.2. The van der Waals surface area contributed by atoms with E-state index in [4.69, 9.17) is 0 Å². The molecular weight excluding hydrogens is 308 g/mol. The van der Waals surface area contributed by atoms with E-state index in [0.29, 0.717) is 18.0 Å². The van der Waals surface area contributed by atoms with Crippen molar-refractivity contribution in [3.05, 3.63) is 35.1 Å². The SMILES string of the molecule is CNCC1CCN(Cc2ccc(F)c(C(F)(F)F)c2)C1.Cl. The first-order valence-electron chi connectivity index (χ1n) is 6.62. The van der Waals surface area contributed by atoms with Gasteiger partial charge in [-0.05, 0) is 50.2 Å². The maximum absolute atomic E-state index is 13.2. The molecule has 1 N–H and O–H groups in total. The zero-order chi connectivity index (χ0) is 14.8. The molecule has 0 bridgehead atoms. The van der Waals surface area contributed by atoms with E-state index >= 15 is 0 Å². The maximum Gasteiger partial charge on any atom is 0.419 e. The van der Waals surface area contributed by atoms with E-state index in [2.05, 4.69) is 10.2 Å². The Bertz CT molecular complexity index is 465. The van der Waals surface area contributed by atoms with E-state index in [1.807, 2.05) is 7.05 Å². The average molecular weight is 327 g/mol. The molecule has 0 aliphatic carbocycles. The van der Waals surface area contributed by atoms with Crippen LogP contribution in [0.15, 0.2) is 18.2 Å². The summed E-state index contributed by atoms with van der Waals surface area (Å²) in [6, 6.07) is 3.25. The van der Waals surface area contributed by atoms with Crippen LogP contribution in [0.3, 0.4) is 0 Å². The molecule has 21 heavy (non-hydrogen) atoms. The van der Waals surface area contributed by atoms with Crippen molar-refractivity contribution in [3.63, 3.8) is 0 Å². The number of nitrogens with one attached hydrogen (secondary N) is 1. The molecule has 1 aromatic carbocycles. The van der Waals surface area contributed by atoms with Crippen molar-refractivity contribution in [2.45, 2.75) is 19.1 Å². The predicted molar refractivity (Wildman–Crippen MR) is 76.0 cm³/mol. The highest BCUT2D eigenvalue weighted by atomic mass is 35.5. The van der Waals surface area contributed by atoms with E-state index in [1.54, 1.807) is 0 Å². The number of nitrogens with zero attached hydrogens (tertiary/aromatic N) is 1. The van der Waals surface area contributed by atoms with Crippen LogP contribution in [0.2, 0.25) is 0 Å². The summed E-state index contributed by atoms with van der Waals surface area (Å²) in [6.45, 7) is 3.07. The topological polar surface area (TPSA) is 15.3 Å².